The molecular weight excluding hydrogens is 250 g/mol. The molecule has 0 aliphatic carbocycles. The summed E-state index contributed by atoms with van der Waals surface area (Å²) in [6.45, 7) is 4.11. The van der Waals surface area contributed by atoms with Crippen LogP contribution in [0.1, 0.15) is 31.7 Å². The van der Waals surface area contributed by atoms with E-state index in [2.05, 4.69) is 29.2 Å². The van der Waals surface area contributed by atoms with E-state index < -0.39 is 0 Å². The normalized spacial score (nSPS) is 10.4. The Balaban J connectivity index is 2.56. The van der Waals surface area contributed by atoms with Gasteiger partial charge in [0.1, 0.15) is 0 Å². The van der Waals surface area contributed by atoms with Gasteiger partial charge in [0.05, 0.1) is 0 Å². The molecule has 0 aliphatic rings. The molecule has 0 saturated carbocycles. The molecule has 0 unspecified atom stereocenters. The smallest absolute Gasteiger partial charge is 0.222 e. The van der Waals surface area contributed by atoms with E-state index in [1.807, 2.05) is 25.9 Å². The Hall–Kier alpha value is -1.55. The quantitative estimate of drug-likeness (QED) is 0.741. The second-order valence-corrected chi connectivity index (χ2v) is 5.21. The summed E-state index contributed by atoms with van der Waals surface area (Å²) < 4.78 is 0. The molecule has 1 aromatic rings. The zero-order valence-corrected chi connectivity index (χ0v) is 12.9. The summed E-state index contributed by atoms with van der Waals surface area (Å²) in [6, 6.07) is 8.35. The molecule has 0 radical (unpaired) electrons. The van der Waals surface area contributed by atoms with Gasteiger partial charge in [-0.15, -0.1) is 0 Å². The Morgan fingerprint density at radius 1 is 1.15 bits per heavy atom. The van der Waals surface area contributed by atoms with Crippen molar-refractivity contribution in [1.29, 1.82) is 0 Å². The van der Waals surface area contributed by atoms with Gasteiger partial charge in [0.15, 0.2) is 0 Å². The summed E-state index contributed by atoms with van der Waals surface area (Å²) in [6.07, 6.45) is 2.40. The van der Waals surface area contributed by atoms with Crippen molar-refractivity contribution in [2.75, 3.05) is 32.1 Å². The van der Waals surface area contributed by atoms with E-state index >= 15 is 0 Å². The predicted octanol–water partition coefficient (Wildman–Crippen LogP) is 2.23. The van der Waals surface area contributed by atoms with Crippen molar-refractivity contribution in [3.8, 4) is 0 Å². The van der Waals surface area contributed by atoms with E-state index in [0.29, 0.717) is 19.5 Å². The van der Waals surface area contributed by atoms with Gasteiger partial charge in [0.2, 0.25) is 5.91 Å². The van der Waals surface area contributed by atoms with Crippen molar-refractivity contribution in [2.24, 2.45) is 5.73 Å². The van der Waals surface area contributed by atoms with Crippen LogP contribution in [0.2, 0.25) is 0 Å². The molecule has 112 valence electrons. The lowest BCUT2D eigenvalue weighted by atomic mass is 10.1. The third-order valence-corrected chi connectivity index (χ3v) is 3.41. The minimum Gasteiger partial charge on any atom is -0.378 e. The fourth-order valence-electron chi connectivity index (χ4n) is 2.07. The second kappa shape index (κ2) is 8.59. The highest BCUT2D eigenvalue weighted by Crippen LogP contribution is 2.14. The van der Waals surface area contributed by atoms with Gasteiger partial charge in [-0.25, -0.2) is 0 Å². The third-order valence-electron chi connectivity index (χ3n) is 3.41. The number of carbonyl (C=O) groups excluding carboxylic acids is 1. The van der Waals surface area contributed by atoms with Crippen LogP contribution in [-0.4, -0.2) is 38.0 Å². The van der Waals surface area contributed by atoms with Crippen LogP contribution in [0.25, 0.3) is 0 Å². The number of benzene rings is 1. The van der Waals surface area contributed by atoms with E-state index in [1.165, 1.54) is 11.3 Å². The average molecular weight is 277 g/mol. The number of hydrogen-bond acceptors (Lipinski definition) is 3. The van der Waals surface area contributed by atoms with Crippen LogP contribution < -0.4 is 10.6 Å². The fraction of sp³-hybridized carbons (Fsp3) is 0.562. The van der Waals surface area contributed by atoms with Crippen molar-refractivity contribution < 1.29 is 4.79 Å². The molecule has 20 heavy (non-hydrogen) atoms. The van der Waals surface area contributed by atoms with Gasteiger partial charge in [0, 0.05) is 39.3 Å². The van der Waals surface area contributed by atoms with Gasteiger partial charge in [-0.3, -0.25) is 4.79 Å². The summed E-state index contributed by atoms with van der Waals surface area (Å²) in [7, 11) is 4.04. The molecule has 1 rings (SSSR count). The number of amides is 1. The number of unbranched alkanes of at least 4 members (excludes halogenated alkanes) is 1. The lowest BCUT2D eigenvalue weighted by Crippen LogP contribution is -2.30. The molecule has 0 atom stereocenters. The lowest BCUT2D eigenvalue weighted by molar-refractivity contribution is -0.131. The second-order valence-electron chi connectivity index (χ2n) is 5.21. The van der Waals surface area contributed by atoms with Crippen LogP contribution >= 0.6 is 0 Å². The number of carbonyl (C=O) groups is 1. The van der Waals surface area contributed by atoms with Gasteiger partial charge < -0.3 is 15.5 Å². The van der Waals surface area contributed by atoms with Crippen LogP contribution in [0.5, 0.6) is 0 Å². The number of nitrogens with zero attached hydrogens (tertiary/aromatic N) is 2. The van der Waals surface area contributed by atoms with Crippen molar-refractivity contribution in [2.45, 2.75) is 32.7 Å². The SMILES string of the molecule is CCN(Cc1ccc(N(C)C)cc1)C(=O)CCCCN. The lowest BCUT2D eigenvalue weighted by Gasteiger charge is -2.21. The average Bonchev–Trinajstić information content (AvgIpc) is 2.45. The number of hydrogen-bond donors (Lipinski definition) is 1. The molecule has 0 bridgehead atoms. The van der Waals surface area contributed by atoms with Gasteiger partial charge in [-0.2, -0.15) is 0 Å². The highest BCUT2D eigenvalue weighted by Gasteiger charge is 2.11. The first-order chi connectivity index (χ1) is 9.58. The highest BCUT2D eigenvalue weighted by molar-refractivity contribution is 5.76. The van der Waals surface area contributed by atoms with Crippen LogP contribution in [0.3, 0.4) is 0 Å². The molecule has 0 heterocycles. The number of nitrogens with two attached hydrogens (primary N) is 1. The monoisotopic (exact) mass is 277 g/mol. The van der Waals surface area contributed by atoms with Gasteiger partial charge in [0.25, 0.3) is 0 Å². The standard InChI is InChI=1S/C16H27N3O/c1-4-19(16(20)7-5-6-12-17)13-14-8-10-15(11-9-14)18(2)3/h8-11H,4-7,12-13,17H2,1-3H3. The van der Waals surface area contributed by atoms with Gasteiger partial charge in [-0.05, 0) is 44.0 Å². The highest BCUT2D eigenvalue weighted by atomic mass is 16.2. The Kier molecular flexibility index (Phi) is 7.09. The largest absolute Gasteiger partial charge is 0.378 e. The Morgan fingerprint density at radius 2 is 1.80 bits per heavy atom. The minimum atomic E-state index is 0.220. The molecule has 0 aromatic heterocycles. The molecule has 0 fully saturated rings. The van der Waals surface area contributed by atoms with Crippen LogP contribution in [0.4, 0.5) is 5.69 Å². The fourth-order valence-corrected chi connectivity index (χ4v) is 2.07. The molecule has 4 heteroatoms. The summed E-state index contributed by atoms with van der Waals surface area (Å²) >= 11 is 0. The third kappa shape index (κ3) is 5.21. The predicted molar refractivity (Wildman–Crippen MR) is 84.8 cm³/mol. The maximum Gasteiger partial charge on any atom is 0.222 e. The Labute approximate surface area is 122 Å². The van der Waals surface area contributed by atoms with E-state index in [-0.39, 0.29) is 5.91 Å². The molecule has 4 nitrogen and oxygen atoms in total. The van der Waals surface area contributed by atoms with Crippen molar-refractivity contribution in [1.82, 2.24) is 4.90 Å². The zero-order chi connectivity index (χ0) is 15.0. The maximum atomic E-state index is 12.1. The number of anilines is 1. The summed E-state index contributed by atoms with van der Waals surface area (Å²) in [5.41, 5.74) is 7.80. The molecule has 1 amide bonds. The van der Waals surface area contributed by atoms with E-state index in [4.69, 9.17) is 5.73 Å². The number of rotatable bonds is 8. The molecular formula is C16H27N3O. The van der Waals surface area contributed by atoms with Crippen LogP contribution in [-0.2, 0) is 11.3 Å². The molecule has 0 aliphatic heterocycles. The molecule has 1 aromatic carbocycles. The first-order valence-corrected chi connectivity index (χ1v) is 7.32. The van der Waals surface area contributed by atoms with E-state index in [1.54, 1.807) is 0 Å². The van der Waals surface area contributed by atoms with Gasteiger partial charge in [-0.1, -0.05) is 12.1 Å². The maximum absolute atomic E-state index is 12.1. The summed E-state index contributed by atoms with van der Waals surface area (Å²) in [5, 5.41) is 0. The van der Waals surface area contributed by atoms with Crippen LogP contribution in [0.15, 0.2) is 24.3 Å². The Morgan fingerprint density at radius 3 is 2.30 bits per heavy atom. The minimum absolute atomic E-state index is 0.220. The molecule has 0 saturated heterocycles. The zero-order valence-electron chi connectivity index (χ0n) is 12.9. The molecule has 2 N–H and O–H groups in total. The molecule has 0 spiro atoms. The van der Waals surface area contributed by atoms with Gasteiger partial charge >= 0.3 is 0 Å². The first kappa shape index (κ1) is 16.5. The topological polar surface area (TPSA) is 49.6 Å². The first-order valence-electron chi connectivity index (χ1n) is 7.32. The van der Waals surface area contributed by atoms with Crippen molar-refractivity contribution in [3.05, 3.63) is 29.8 Å². The summed E-state index contributed by atoms with van der Waals surface area (Å²) in [5.74, 6) is 0.220. The van der Waals surface area contributed by atoms with Crippen LogP contribution in [0, 0.1) is 0 Å². The van der Waals surface area contributed by atoms with Crippen molar-refractivity contribution in [3.63, 3.8) is 0 Å². The van der Waals surface area contributed by atoms with E-state index in [9.17, 15) is 4.79 Å². The Bertz CT molecular complexity index is 401. The summed E-state index contributed by atoms with van der Waals surface area (Å²) in [4.78, 5) is 16.1. The van der Waals surface area contributed by atoms with E-state index in [0.717, 1.165) is 19.4 Å². The van der Waals surface area contributed by atoms with Crippen molar-refractivity contribution >= 4 is 11.6 Å².